The third kappa shape index (κ3) is 2.72. The molecule has 0 fully saturated rings. The lowest BCUT2D eigenvalue weighted by Crippen LogP contribution is -2.16. The number of nitrogens with one attached hydrogen (secondary N) is 1. The molecule has 0 unspecified atom stereocenters. The molecule has 2 aromatic rings. The summed E-state index contributed by atoms with van der Waals surface area (Å²) in [5.74, 6) is -0.0176. The average Bonchev–Trinajstić information content (AvgIpc) is 2.32. The van der Waals surface area contributed by atoms with E-state index < -0.39 is 10.0 Å². The van der Waals surface area contributed by atoms with Crippen molar-refractivity contribution in [1.82, 2.24) is 4.98 Å². The summed E-state index contributed by atoms with van der Waals surface area (Å²) in [4.78, 5) is 3.74. The fraction of sp³-hybridized carbons (Fsp3) is 0. The van der Waals surface area contributed by atoms with E-state index in [-0.39, 0.29) is 10.7 Å². The van der Waals surface area contributed by atoms with Crippen LogP contribution in [0.1, 0.15) is 0 Å². The molecule has 0 bridgehead atoms. The first-order chi connectivity index (χ1) is 8.50. The van der Waals surface area contributed by atoms with Crippen molar-refractivity contribution < 1.29 is 8.42 Å². The molecule has 0 aliphatic rings. The molecular weight excluding hydrogens is 365 g/mol. The van der Waals surface area contributed by atoms with E-state index >= 15 is 0 Å². The largest absolute Gasteiger partial charge is 0.383 e. The van der Waals surface area contributed by atoms with Crippen molar-refractivity contribution in [1.29, 1.82) is 0 Å². The highest BCUT2D eigenvalue weighted by molar-refractivity contribution is 14.1. The number of hydrogen-bond acceptors (Lipinski definition) is 4. The zero-order valence-corrected chi connectivity index (χ0v) is 12.1. The monoisotopic (exact) mass is 375 g/mol. The molecule has 0 amide bonds. The summed E-state index contributed by atoms with van der Waals surface area (Å²) in [5, 5.41) is 0. The second-order valence-corrected chi connectivity index (χ2v) is 6.29. The van der Waals surface area contributed by atoms with E-state index in [1.54, 1.807) is 12.1 Å². The van der Waals surface area contributed by atoms with Gasteiger partial charge in [0.25, 0.3) is 10.0 Å². The lowest BCUT2D eigenvalue weighted by Gasteiger charge is -2.10. The molecule has 2 rings (SSSR count). The number of sulfonamides is 1. The number of pyridine rings is 1. The van der Waals surface area contributed by atoms with Crippen molar-refractivity contribution in [3.05, 3.63) is 46.2 Å². The van der Waals surface area contributed by atoms with Crippen molar-refractivity contribution in [3.8, 4) is 0 Å². The highest BCUT2D eigenvalue weighted by atomic mass is 127. The maximum Gasteiger partial charge on any atom is 0.265 e. The smallest absolute Gasteiger partial charge is 0.265 e. The maximum atomic E-state index is 12.1. The van der Waals surface area contributed by atoms with Crippen LogP contribution in [0, 0.1) is 3.57 Å². The Hall–Kier alpha value is -1.35. The number of nitrogens with zero attached hydrogens (tertiary/aromatic N) is 1. The summed E-state index contributed by atoms with van der Waals surface area (Å²) in [6.45, 7) is 0. The predicted octanol–water partition coefficient (Wildman–Crippen LogP) is 2.07. The van der Waals surface area contributed by atoms with Gasteiger partial charge in [0.15, 0.2) is 0 Å². The molecule has 0 radical (unpaired) electrons. The average molecular weight is 375 g/mol. The summed E-state index contributed by atoms with van der Waals surface area (Å²) in [7, 11) is -3.71. The van der Waals surface area contributed by atoms with Crippen LogP contribution in [0.2, 0.25) is 0 Å². The summed E-state index contributed by atoms with van der Waals surface area (Å²) < 4.78 is 27.6. The van der Waals surface area contributed by atoms with Crippen LogP contribution in [-0.4, -0.2) is 13.4 Å². The minimum atomic E-state index is -3.71. The van der Waals surface area contributed by atoms with Crippen LogP contribution in [0.3, 0.4) is 0 Å². The lowest BCUT2D eigenvalue weighted by molar-refractivity contribution is 0.601. The highest BCUT2D eigenvalue weighted by Crippen LogP contribution is 2.23. The number of hydrogen-bond donors (Lipinski definition) is 2. The molecule has 0 spiro atoms. The SMILES string of the molecule is Nc1ncccc1S(=O)(=O)Nc1ccccc1I. The van der Waals surface area contributed by atoms with Gasteiger partial charge in [0.05, 0.1) is 5.69 Å². The fourth-order valence-corrected chi connectivity index (χ4v) is 3.24. The fourth-order valence-electron chi connectivity index (χ4n) is 1.37. The van der Waals surface area contributed by atoms with Gasteiger partial charge in [-0.2, -0.15) is 0 Å². The van der Waals surface area contributed by atoms with Crippen molar-refractivity contribution in [3.63, 3.8) is 0 Å². The Labute approximate surface area is 119 Å². The molecule has 1 aromatic carbocycles. The van der Waals surface area contributed by atoms with Gasteiger partial charge in [-0.05, 0) is 46.9 Å². The third-order valence-electron chi connectivity index (χ3n) is 2.21. The molecular formula is C11H10IN3O2S. The van der Waals surface area contributed by atoms with E-state index in [0.29, 0.717) is 5.69 Å². The molecule has 0 aliphatic heterocycles. The molecule has 18 heavy (non-hydrogen) atoms. The number of aromatic nitrogens is 1. The number of benzene rings is 1. The van der Waals surface area contributed by atoms with E-state index in [1.807, 2.05) is 12.1 Å². The Balaban J connectivity index is 2.40. The number of halogens is 1. The van der Waals surface area contributed by atoms with Crippen LogP contribution in [-0.2, 0) is 10.0 Å². The molecule has 0 saturated heterocycles. The van der Waals surface area contributed by atoms with Crippen LogP contribution in [0.25, 0.3) is 0 Å². The van der Waals surface area contributed by atoms with Crippen LogP contribution in [0.15, 0.2) is 47.5 Å². The van der Waals surface area contributed by atoms with Gasteiger partial charge in [-0.25, -0.2) is 13.4 Å². The zero-order valence-electron chi connectivity index (χ0n) is 9.17. The Morgan fingerprint density at radius 1 is 1.17 bits per heavy atom. The molecule has 0 aliphatic carbocycles. The van der Waals surface area contributed by atoms with Gasteiger partial charge in [-0.15, -0.1) is 0 Å². The van der Waals surface area contributed by atoms with E-state index in [9.17, 15) is 8.42 Å². The molecule has 1 aromatic heterocycles. The Bertz CT molecular complexity index is 673. The van der Waals surface area contributed by atoms with Crippen LogP contribution in [0.5, 0.6) is 0 Å². The molecule has 3 N–H and O–H groups in total. The number of nitrogens with two attached hydrogens (primary N) is 1. The molecule has 1 heterocycles. The Morgan fingerprint density at radius 2 is 1.89 bits per heavy atom. The van der Waals surface area contributed by atoms with Gasteiger partial charge < -0.3 is 5.73 Å². The topological polar surface area (TPSA) is 85.1 Å². The van der Waals surface area contributed by atoms with Gasteiger partial charge in [-0.3, -0.25) is 4.72 Å². The summed E-state index contributed by atoms with van der Waals surface area (Å²) >= 11 is 2.05. The normalized spacial score (nSPS) is 11.2. The van der Waals surface area contributed by atoms with E-state index in [1.165, 1.54) is 18.3 Å². The first-order valence-corrected chi connectivity index (χ1v) is 7.55. The van der Waals surface area contributed by atoms with Gasteiger partial charge in [-0.1, -0.05) is 12.1 Å². The predicted molar refractivity (Wildman–Crippen MR) is 78.6 cm³/mol. The first kappa shape index (κ1) is 13.1. The number of anilines is 2. The highest BCUT2D eigenvalue weighted by Gasteiger charge is 2.18. The number of rotatable bonds is 3. The molecule has 5 nitrogen and oxygen atoms in total. The van der Waals surface area contributed by atoms with Gasteiger partial charge >= 0.3 is 0 Å². The van der Waals surface area contributed by atoms with Crippen LogP contribution < -0.4 is 10.5 Å². The zero-order chi connectivity index (χ0) is 13.2. The maximum absolute atomic E-state index is 12.1. The van der Waals surface area contributed by atoms with Crippen molar-refractivity contribution >= 4 is 44.1 Å². The number of para-hydroxylation sites is 1. The minimum Gasteiger partial charge on any atom is -0.383 e. The molecule has 94 valence electrons. The lowest BCUT2D eigenvalue weighted by atomic mass is 10.3. The van der Waals surface area contributed by atoms with Crippen molar-refractivity contribution in [2.75, 3.05) is 10.5 Å². The second-order valence-electron chi connectivity index (χ2n) is 3.47. The number of nitrogen functional groups attached to an aromatic ring is 1. The quantitative estimate of drug-likeness (QED) is 0.805. The molecule has 0 atom stereocenters. The second kappa shape index (κ2) is 5.11. The van der Waals surface area contributed by atoms with Gasteiger partial charge in [0.2, 0.25) is 0 Å². The minimum absolute atomic E-state index is 0.0176. The Kier molecular flexibility index (Phi) is 3.71. The van der Waals surface area contributed by atoms with E-state index in [4.69, 9.17) is 5.73 Å². The van der Waals surface area contributed by atoms with Crippen LogP contribution >= 0.6 is 22.6 Å². The molecule has 0 saturated carbocycles. The van der Waals surface area contributed by atoms with Gasteiger partial charge in [0.1, 0.15) is 10.7 Å². The van der Waals surface area contributed by atoms with E-state index in [0.717, 1.165) is 3.57 Å². The summed E-state index contributed by atoms with van der Waals surface area (Å²) in [6, 6.07) is 10.0. The van der Waals surface area contributed by atoms with Gasteiger partial charge in [0, 0.05) is 9.77 Å². The van der Waals surface area contributed by atoms with Crippen molar-refractivity contribution in [2.24, 2.45) is 0 Å². The van der Waals surface area contributed by atoms with Crippen LogP contribution in [0.4, 0.5) is 11.5 Å². The van der Waals surface area contributed by atoms with Crippen molar-refractivity contribution in [2.45, 2.75) is 4.90 Å². The summed E-state index contributed by atoms with van der Waals surface area (Å²) in [6.07, 6.45) is 1.45. The third-order valence-corrected chi connectivity index (χ3v) is 4.56. The first-order valence-electron chi connectivity index (χ1n) is 4.98. The summed E-state index contributed by atoms with van der Waals surface area (Å²) in [5.41, 5.74) is 6.08. The standard InChI is InChI=1S/C11H10IN3O2S/c12-8-4-1-2-5-9(8)15-18(16,17)10-6-3-7-14-11(10)13/h1-7,15H,(H2,13,14). The van der Waals surface area contributed by atoms with E-state index in [2.05, 4.69) is 32.3 Å². The Morgan fingerprint density at radius 3 is 2.56 bits per heavy atom. The molecule has 7 heteroatoms.